The van der Waals surface area contributed by atoms with Crippen LogP contribution < -0.4 is 11.1 Å². The zero-order valence-electron chi connectivity index (χ0n) is 11.1. The first kappa shape index (κ1) is 15.4. The van der Waals surface area contributed by atoms with Crippen molar-refractivity contribution in [1.29, 1.82) is 0 Å². The van der Waals surface area contributed by atoms with Crippen molar-refractivity contribution in [3.63, 3.8) is 0 Å². The Kier molecular flexibility index (Phi) is 5.69. The Balaban J connectivity index is 1.77. The third-order valence-electron chi connectivity index (χ3n) is 2.47. The number of carbonyl (C=O) groups is 2. The number of tetrazole rings is 1. The predicted octanol–water partition coefficient (Wildman–Crippen LogP) is 0.654. The van der Waals surface area contributed by atoms with Gasteiger partial charge in [0.1, 0.15) is 0 Å². The number of nitrogens with zero attached hydrogens (tertiary/aromatic N) is 4. The molecule has 0 unspecified atom stereocenters. The van der Waals surface area contributed by atoms with E-state index in [9.17, 15) is 9.59 Å². The monoisotopic (exact) mass is 326 g/mol. The Bertz CT molecular complexity index is 598. The van der Waals surface area contributed by atoms with Gasteiger partial charge in [0.15, 0.2) is 0 Å². The van der Waals surface area contributed by atoms with Crippen molar-refractivity contribution in [2.45, 2.75) is 24.5 Å². The average molecular weight is 326 g/mol. The molecule has 21 heavy (non-hydrogen) atoms. The van der Waals surface area contributed by atoms with Gasteiger partial charge in [-0.3, -0.25) is 10.1 Å². The molecular weight excluding hydrogens is 312 g/mol. The molecule has 3 amide bonds. The van der Waals surface area contributed by atoms with Gasteiger partial charge in [0.25, 0.3) is 0 Å². The van der Waals surface area contributed by atoms with E-state index in [1.165, 1.54) is 16.6 Å². The molecule has 0 aliphatic carbocycles. The molecule has 2 aromatic rings. The molecule has 0 saturated heterocycles. The summed E-state index contributed by atoms with van der Waals surface area (Å²) in [6.45, 7) is 0.684. The summed E-state index contributed by atoms with van der Waals surface area (Å²) < 4.78 is 1.70. The van der Waals surface area contributed by atoms with E-state index < -0.39 is 11.9 Å². The Hall–Kier alpha value is -1.94. The van der Waals surface area contributed by atoms with Crippen LogP contribution in [0.4, 0.5) is 4.79 Å². The Morgan fingerprint density at radius 3 is 3.05 bits per heavy atom. The molecular formula is C11H14N6O2S2. The molecule has 10 heteroatoms. The molecule has 0 aliphatic rings. The maximum absolute atomic E-state index is 11.3. The normalized spacial score (nSPS) is 10.5. The average Bonchev–Trinajstić information content (AvgIpc) is 3.06. The highest BCUT2D eigenvalue weighted by molar-refractivity contribution is 7.99. The number of thioether (sulfide) groups is 1. The molecule has 0 bridgehead atoms. The number of hydrogen-bond donors (Lipinski definition) is 2. The lowest BCUT2D eigenvalue weighted by atomic mass is 10.3. The second-order valence-electron chi connectivity index (χ2n) is 4.02. The lowest BCUT2D eigenvalue weighted by Gasteiger charge is -2.03. The van der Waals surface area contributed by atoms with Gasteiger partial charge in [0, 0.05) is 23.5 Å². The van der Waals surface area contributed by atoms with Crippen LogP contribution in [0.15, 0.2) is 22.7 Å². The highest BCUT2D eigenvalue weighted by Gasteiger charge is 2.09. The fourth-order valence-corrected chi connectivity index (χ4v) is 3.09. The van der Waals surface area contributed by atoms with E-state index in [4.69, 9.17) is 5.73 Å². The fourth-order valence-electron chi connectivity index (χ4n) is 1.55. The molecule has 0 aliphatic heterocycles. The van der Waals surface area contributed by atoms with E-state index in [0.717, 1.165) is 6.42 Å². The predicted molar refractivity (Wildman–Crippen MR) is 78.9 cm³/mol. The summed E-state index contributed by atoms with van der Waals surface area (Å²) in [5.74, 6) is 0.0611. The fraction of sp³-hybridized carbons (Fsp3) is 0.364. The minimum atomic E-state index is -0.842. The van der Waals surface area contributed by atoms with Crippen molar-refractivity contribution < 1.29 is 9.59 Å². The number of urea groups is 1. The van der Waals surface area contributed by atoms with Crippen molar-refractivity contribution in [2.75, 3.05) is 5.75 Å². The Labute approximate surface area is 129 Å². The van der Waals surface area contributed by atoms with Gasteiger partial charge in [0.05, 0.1) is 6.54 Å². The molecule has 0 spiro atoms. The van der Waals surface area contributed by atoms with Crippen molar-refractivity contribution in [2.24, 2.45) is 5.73 Å². The van der Waals surface area contributed by atoms with E-state index in [-0.39, 0.29) is 6.42 Å². The van der Waals surface area contributed by atoms with Crippen LogP contribution in [0.5, 0.6) is 0 Å². The Morgan fingerprint density at radius 1 is 1.48 bits per heavy atom. The summed E-state index contributed by atoms with van der Waals surface area (Å²) in [5, 5.41) is 16.2. The van der Waals surface area contributed by atoms with Gasteiger partial charge in [-0.1, -0.05) is 17.8 Å². The number of imide groups is 1. The molecule has 0 radical (unpaired) electrons. The van der Waals surface area contributed by atoms with Gasteiger partial charge in [0.2, 0.25) is 11.1 Å². The van der Waals surface area contributed by atoms with E-state index in [1.807, 2.05) is 16.8 Å². The van der Waals surface area contributed by atoms with Crippen molar-refractivity contribution >= 4 is 35.0 Å². The highest BCUT2D eigenvalue weighted by Crippen LogP contribution is 2.16. The molecule has 0 aromatic carbocycles. The maximum Gasteiger partial charge on any atom is 0.318 e. The van der Waals surface area contributed by atoms with E-state index in [1.54, 1.807) is 16.0 Å². The highest BCUT2D eigenvalue weighted by atomic mass is 32.2. The van der Waals surface area contributed by atoms with Crippen LogP contribution in [0, 0.1) is 0 Å². The van der Waals surface area contributed by atoms with E-state index in [2.05, 4.69) is 21.6 Å². The van der Waals surface area contributed by atoms with Crippen LogP contribution in [0.2, 0.25) is 0 Å². The van der Waals surface area contributed by atoms with Crippen LogP contribution in [-0.4, -0.2) is 37.9 Å². The van der Waals surface area contributed by atoms with Crippen molar-refractivity contribution in [3.8, 4) is 0 Å². The first-order valence-electron chi connectivity index (χ1n) is 6.16. The maximum atomic E-state index is 11.3. The second-order valence-corrected chi connectivity index (χ2v) is 6.12. The number of carbonyl (C=O) groups excluding carboxylic acids is 2. The lowest BCUT2D eigenvalue weighted by molar-refractivity contribution is -0.119. The summed E-state index contributed by atoms with van der Waals surface area (Å²) in [6.07, 6.45) is 1.03. The molecule has 0 saturated carbocycles. The molecule has 0 fully saturated rings. The standard InChI is InChI=1S/C11H14N6O2S2/c12-10(19)13-9(18)4-7-21-11-14-15-16-17(11)5-3-8-2-1-6-20-8/h1-2,6H,3-5,7H2,(H3,12,13,18,19). The first-order valence-corrected chi connectivity index (χ1v) is 8.02. The number of nitrogens with two attached hydrogens (primary N) is 1. The number of thiophene rings is 1. The van der Waals surface area contributed by atoms with Gasteiger partial charge in [-0.05, 0) is 21.9 Å². The number of primary amides is 1. The molecule has 3 N–H and O–H groups in total. The quantitative estimate of drug-likeness (QED) is 0.722. The van der Waals surface area contributed by atoms with Gasteiger partial charge in [-0.25, -0.2) is 9.48 Å². The van der Waals surface area contributed by atoms with E-state index >= 15 is 0 Å². The topological polar surface area (TPSA) is 116 Å². The lowest BCUT2D eigenvalue weighted by Crippen LogP contribution is -2.35. The summed E-state index contributed by atoms with van der Waals surface area (Å²) in [5.41, 5.74) is 4.86. The summed E-state index contributed by atoms with van der Waals surface area (Å²) in [4.78, 5) is 23.0. The number of aromatic nitrogens is 4. The molecule has 2 aromatic heterocycles. The number of aryl methyl sites for hydroxylation is 2. The van der Waals surface area contributed by atoms with Crippen molar-refractivity contribution in [3.05, 3.63) is 22.4 Å². The number of rotatable bonds is 7. The molecule has 0 atom stereocenters. The number of amides is 3. The molecule has 2 heterocycles. The molecule has 112 valence electrons. The number of nitrogens with one attached hydrogen (secondary N) is 1. The Morgan fingerprint density at radius 2 is 2.33 bits per heavy atom. The molecule has 2 rings (SSSR count). The SMILES string of the molecule is NC(=O)NC(=O)CCSc1nnnn1CCc1cccs1. The van der Waals surface area contributed by atoms with E-state index in [0.29, 0.717) is 17.5 Å². The third-order valence-corrected chi connectivity index (χ3v) is 4.37. The second kappa shape index (κ2) is 7.74. The van der Waals surface area contributed by atoms with Gasteiger partial charge < -0.3 is 5.73 Å². The zero-order valence-corrected chi connectivity index (χ0v) is 12.7. The summed E-state index contributed by atoms with van der Waals surface area (Å²) in [7, 11) is 0. The third kappa shape index (κ3) is 5.16. The zero-order chi connectivity index (χ0) is 15.1. The largest absolute Gasteiger partial charge is 0.351 e. The van der Waals surface area contributed by atoms with Crippen LogP contribution in [0.25, 0.3) is 0 Å². The van der Waals surface area contributed by atoms with Gasteiger partial charge >= 0.3 is 6.03 Å². The number of hydrogen-bond acceptors (Lipinski definition) is 7. The summed E-state index contributed by atoms with van der Waals surface area (Å²) >= 11 is 3.06. The smallest absolute Gasteiger partial charge is 0.318 e. The van der Waals surface area contributed by atoms with Crippen LogP contribution >= 0.6 is 23.1 Å². The molecule has 8 nitrogen and oxygen atoms in total. The van der Waals surface area contributed by atoms with Crippen LogP contribution in [0.1, 0.15) is 11.3 Å². The minimum Gasteiger partial charge on any atom is -0.351 e. The van der Waals surface area contributed by atoms with Gasteiger partial charge in [-0.2, -0.15) is 0 Å². The van der Waals surface area contributed by atoms with Gasteiger partial charge in [-0.15, -0.1) is 16.4 Å². The van der Waals surface area contributed by atoms with Crippen molar-refractivity contribution in [1.82, 2.24) is 25.5 Å². The van der Waals surface area contributed by atoms with Crippen LogP contribution in [-0.2, 0) is 17.8 Å². The first-order chi connectivity index (χ1) is 10.1. The summed E-state index contributed by atoms with van der Waals surface area (Å²) in [6, 6.07) is 3.23. The van der Waals surface area contributed by atoms with Crippen LogP contribution in [0.3, 0.4) is 0 Å². The minimum absolute atomic E-state index is 0.172.